The molecule has 7 heteroatoms. The minimum absolute atomic E-state index is 0.0132. The van der Waals surface area contributed by atoms with Gasteiger partial charge in [0.2, 0.25) is 0 Å². The zero-order valence-electron chi connectivity index (χ0n) is 12.4. The van der Waals surface area contributed by atoms with Crippen molar-refractivity contribution in [2.45, 2.75) is 6.92 Å². The van der Waals surface area contributed by atoms with E-state index >= 15 is 0 Å². The highest BCUT2D eigenvalue weighted by molar-refractivity contribution is 5.86. The van der Waals surface area contributed by atoms with Gasteiger partial charge in [0, 0.05) is 7.05 Å². The summed E-state index contributed by atoms with van der Waals surface area (Å²) < 4.78 is 16.9. The lowest BCUT2D eigenvalue weighted by Gasteiger charge is -2.09. The van der Waals surface area contributed by atoms with Gasteiger partial charge in [0.15, 0.2) is 5.82 Å². The van der Waals surface area contributed by atoms with Crippen LogP contribution in [0.2, 0.25) is 0 Å². The highest BCUT2D eigenvalue weighted by Crippen LogP contribution is 2.32. The van der Waals surface area contributed by atoms with Crippen LogP contribution in [-0.4, -0.2) is 41.6 Å². The molecule has 7 nitrogen and oxygen atoms in total. The van der Waals surface area contributed by atoms with Crippen molar-refractivity contribution in [3.05, 3.63) is 24.0 Å². The number of benzene rings is 1. The number of ether oxygens (including phenoxy) is 3. The topological polar surface area (TPSA) is 75.5 Å². The molecule has 2 rings (SSSR count). The van der Waals surface area contributed by atoms with Crippen molar-refractivity contribution in [2.24, 2.45) is 7.05 Å². The third kappa shape index (κ3) is 2.96. The van der Waals surface area contributed by atoms with Crippen molar-refractivity contribution in [3.63, 3.8) is 0 Å². The van der Waals surface area contributed by atoms with Crippen molar-refractivity contribution < 1.29 is 19.0 Å². The Morgan fingerprint density at radius 2 is 2.05 bits per heavy atom. The fraction of sp³-hybridized carbons (Fsp3) is 0.357. The largest absolute Gasteiger partial charge is 0.497 e. The zero-order valence-corrected chi connectivity index (χ0v) is 12.4. The quantitative estimate of drug-likeness (QED) is 0.780. The van der Waals surface area contributed by atoms with Crippen LogP contribution in [0.1, 0.15) is 17.5 Å². The summed E-state index contributed by atoms with van der Waals surface area (Å²) in [5, 5.41) is 4.07. The molecule has 1 aromatic heterocycles. The minimum atomic E-state index is -0.554. The van der Waals surface area contributed by atoms with Crippen LogP contribution in [0.5, 0.6) is 11.5 Å². The van der Waals surface area contributed by atoms with Gasteiger partial charge in [-0.2, -0.15) is 0 Å². The van der Waals surface area contributed by atoms with Gasteiger partial charge in [-0.15, -0.1) is 5.10 Å². The molecule has 0 amide bonds. The molecule has 0 atom stereocenters. The molecule has 0 aliphatic carbocycles. The van der Waals surface area contributed by atoms with Crippen LogP contribution in [0.25, 0.3) is 11.4 Å². The van der Waals surface area contributed by atoms with Gasteiger partial charge in [-0.25, -0.2) is 14.5 Å². The molecule has 0 unspecified atom stereocenters. The van der Waals surface area contributed by atoms with Crippen molar-refractivity contribution in [2.75, 3.05) is 20.8 Å². The lowest BCUT2D eigenvalue weighted by atomic mass is 10.1. The van der Waals surface area contributed by atoms with Gasteiger partial charge in [0.05, 0.1) is 26.4 Å². The number of rotatable bonds is 5. The highest BCUT2D eigenvalue weighted by atomic mass is 16.5. The Morgan fingerprint density at radius 1 is 1.29 bits per heavy atom. The Labute approximate surface area is 122 Å². The van der Waals surface area contributed by atoms with E-state index in [4.69, 9.17) is 14.2 Å². The number of aryl methyl sites for hydroxylation is 1. The second-order valence-electron chi connectivity index (χ2n) is 4.17. The average molecular weight is 291 g/mol. The first-order valence-corrected chi connectivity index (χ1v) is 6.41. The van der Waals surface area contributed by atoms with E-state index in [0.29, 0.717) is 22.9 Å². The van der Waals surface area contributed by atoms with Crippen molar-refractivity contribution in [1.82, 2.24) is 14.8 Å². The van der Waals surface area contributed by atoms with Gasteiger partial charge in [-0.1, -0.05) is 0 Å². The normalized spacial score (nSPS) is 10.3. The zero-order chi connectivity index (χ0) is 15.4. The van der Waals surface area contributed by atoms with Gasteiger partial charge >= 0.3 is 5.97 Å². The summed E-state index contributed by atoms with van der Waals surface area (Å²) >= 11 is 0. The monoisotopic (exact) mass is 291 g/mol. The van der Waals surface area contributed by atoms with Crippen molar-refractivity contribution >= 4 is 5.97 Å². The molecule has 1 heterocycles. The maximum absolute atomic E-state index is 11.7. The minimum Gasteiger partial charge on any atom is -0.497 e. The van der Waals surface area contributed by atoms with E-state index in [1.165, 1.54) is 4.68 Å². The number of hydrogen-bond acceptors (Lipinski definition) is 6. The van der Waals surface area contributed by atoms with Crippen LogP contribution in [0, 0.1) is 0 Å². The highest BCUT2D eigenvalue weighted by Gasteiger charge is 2.19. The smallest absolute Gasteiger partial charge is 0.378 e. The summed E-state index contributed by atoms with van der Waals surface area (Å²) in [6.45, 7) is 2.00. The van der Waals surface area contributed by atoms with Crippen LogP contribution < -0.4 is 9.47 Å². The van der Waals surface area contributed by atoms with Gasteiger partial charge in [0.25, 0.3) is 5.82 Å². The Morgan fingerprint density at radius 3 is 2.67 bits per heavy atom. The molecule has 0 saturated carbocycles. The number of esters is 1. The van der Waals surface area contributed by atoms with Crippen molar-refractivity contribution in [3.8, 4) is 22.9 Å². The third-order valence-corrected chi connectivity index (χ3v) is 2.87. The second-order valence-corrected chi connectivity index (χ2v) is 4.17. The van der Waals surface area contributed by atoms with Crippen LogP contribution in [-0.2, 0) is 11.8 Å². The van der Waals surface area contributed by atoms with Crippen LogP contribution in [0.3, 0.4) is 0 Å². The number of hydrogen-bond donors (Lipinski definition) is 0. The van der Waals surface area contributed by atoms with Gasteiger partial charge < -0.3 is 14.2 Å². The van der Waals surface area contributed by atoms with Crippen LogP contribution in [0.4, 0.5) is 0 Å². The number of nitrogens with zero attached hydrogens (tertiary/aromatic N) is 3. The van der Waals surface area contributed by atoms with E-state index in [1.807, 2.05) is 0 Å². The number of methoxy groups -OCH3 is 2. The van der Waals surface area contributed by atoms with E-state index in [-0.39, 0.29) is 12.4 Å². The maximum atomic E-state index is 11.7. The molecule has 1 aromatic carbocycles. The summed E-state index contributed by atoms with van der Waals surface area (Å²) in [5.41, 5.74) is 0.683. The molecule has 0 aliphatic heterocycles. The summed E-state index contributed by atoms with van der Waals surface area (Å²) in [5.74, 6) is 1.22. The second kappa shape index (κ2) is 6.25. The standard InChI is InChI=1S/C14H17N3O4/c1-5-21-14(18)12-15-13(17(2)16-12)10-8-9(19-3)6-7-11(10)20-4/h6-8H,5H2,1-4H3. The molecule has 0 N–H and O–H groups in total. The molecule has 0 bridgehead atoms. The summed E-state index contributed by atoms with van der Waals surface area (Å²) in [4.78, 5) is 15.9. The molecule has 112 valence electrons. The molecule has 0 radical (unpaired) electrons. The fourth-order valence-corrected chi connectivity index (χ4v) is 1.89. The summed E-state index contributed by atoms with van der Waals surface area (Å²) in [6.07, 6.45) is 0. The van der Waals surface area contributed by atoms with E-state index < -0.39 is 5.97 Å². The molecule has 0 fully saturated rings. The van der Waals surface area contributed by atoms with Gasteiger partial charge in [-0.3, -0.25) is 0 Å². The van der Waals surface area contributed by atoms with Gasteiger partial charge in [-0.05, 0) is 25.1 Å². The lowest BCUT2D eigenvalue weighted by molar-refractivity contribution is 0.0512. The first-order valence-electron chi connectivity index (χ1n) is 6.41. The first kappa shape index (κ1) is 14.8. The molecule has 0 aliphatic rings. The van der Waals surface area contributed by atoms with E-state index in [9.17, 15) is 4.79 Å². The maximum Gasteiger partial charge on any atom is 0.378 e. The Balaban J connectivity index is 2.48. The molecular weight excluding hydrogens is 274 g/mol. The molecule has 2 aromatic rings. The van der Waals surface area contributed by atoms with Crippen molar-refractivity contribution in [1.29, 1.82) is 0 Å². The Kier molecular flexibility index (Phi) is 4.42. The predicted octanol–water partition coefficient (Wildman–Crippen LogP) is 1.68. The SMILES string of the molecule is CCOC(=O)c1nc(-c2cc(OC)ccc2OC)n(C)n1. The number of carbonyl (C=O) groups excluding carboxylic acids is 1. The van der Waals surface area contributed by atoms with E-state index in [2.05, 4.69) is 10.1 Å². The van der Waals surface area contributed by atoms with E-state index in [0.717, 1.165) is 0 Å². The lowest BCUT2D eigenvalue weighted by Crippen LogP contribution is -2.07. The Bertz CT molecular complexity index is 652. The van der Waals surface area contributed by atoms with Gasteiger partial charge in [0.1, 0.15) is 11.5 Å². The third-order valence-electron chi connectivity index (χ3n) is 2.87. The Hall–Kier alpha value is -2.57. The predicted molar refractivity (Wildman–Crippen MR) is 75.5 cm³/mol. The van der Waals surface area contributed by atoms with E-state index in [1.54, 1.807) is 46.4 Å². The fourth-order valence-electron chi connectivity index (χ4n) is 1.89. The molecule has 0 spiro atoms. The number of carbonyl (C=O) groups is 1. The summed E-state index contributed by atoms with van der Waals surface area (Å²) in [7, 11) is 4.84. The summed E-state index contributed by atoms with van der Waals surface area (Å²) in [6, 6.07) is 5.33. The molecule has 0 saturated heterocycles. The number of aromatic nitrogens is 3. The molecule has 21 heavy (non-hydrogen) atoms. The van der Waals surface area contributed by atoms with Crippen LogP contribution in [0.15, 0.2) is 18.2 Å². The average Bonchev–Trinajstić information content (AvgIpc) is 2.88. The molecular formula is C14H17N3O4. The van der Waals surface area contributed by atoms with Crippen LogP contribution >= 0.6 is 0 Å². The first-order chi connectivity index (χ1) is 10.1.